The maximum Gasteiger partial charge on any atom is 0.127 e. The first kappa shape index (κ1) is 18.4. The highest BCUT2D eigenvalue weighted by molar-refractivity contribution is 9.10. The van der Waals surface area contributed by atoms with Crippen molar-refractivity contribution in [1.82, 2.24) is 10.2 Å². The molecular formula is C20H25BrN2O2. The minimum absolute atomic E-state index is 0.722. The lowest BCUT2D eigenvalue weighted by Crippen LogP contribution is -2.45. The normalized spacial score (nSPS) is 17.9. The standard InChI is InChI=1S/C20H25BrN2O2/c1-20(24,10-13-23-14-11-22-12-15-23)16-2-6-18(7-3-16)25-19-8-4-17(21)5-9-19/h2-9,22,24H,10-15H2,1H3. The smallest absolute Gasteiger partial charge is 0.127 e. The number of aliphatic hydroxyl groups is 1. The lowest BCUT2D eigenvalue weighted by Gasteiger charge is -2.31. The highest BCUT2D eigenvalue weighted by Crippen LogP contribution is 2.29. The Morgan fingerprint density at radius 2 is 1.60 bits per heavy atom. The first-order valence-corrected chi connectivity index (χ1v) is 9.52. The molecule has 3 rings (SSSR count). The van der Waals surface area contributed by atoms with Crippen LogP contribution in [0.5, 0.6) is 11.5 Å². The molecule has 1 heterocycles. The number of halogens is 1. The molecule has 1 atom stereocenters. The molecule has 0 bridgehead atoms. The lowest BCUT2D eigenvalue weighted by atomic mass is 9.92. The van der Waals surface area contributed by atoms with Gasteiger partial charge in [0.2, 0.25) is 0 Å². The van der Waals surface area contributed by atoms with Crippen LogP contribution < -0.4 is 10.1 Å². The van der Waals surface area contributed by atoms with Gasteiger partial charge in [0.15, 0.2) is 0 Å². The Morgan fingerprint density at radius 3 is 2.20 bits per heavy atom. The predicted octanol–water partition coefficient (Wildman–Crippen LogP) is 3.74. The molecule has 5 heteroatoms. The summed E-state index contributed by atoms with van der Waals surface area (Å²) in [6.45, 7) is 6.96. The monoisotopic (exact) mass is 404 g/mol. The second kappa shape index (κ2) is 8.32. The Labute approximate surface area is 157 Å². The van der Waals surface area contributed by atoms with Gasteiger partial charge in [0, 0.05) is 37.2 Å². The summed E-state index contributed by atoms with van der Waals surface area (Å²) in [4.78, 5) is 2.40. The maximum atomic E-state index is 10.8. The third-order valence-corrected chi connectivity index (χ3v) is 5.18. The van der Waals surface area contributed by atoms with Crippen LogP contribution in [0.2, 0.25) is 0 Å². The molecule has 0 aromatic heterocycles. The summed E-state index contributed by atoms with van der Waals surface area (Å²) in [5.74, 6) is 1.56. The van der Waals surface area contributed by atoms with Gasteiger partial charge in [0.1, 0.15) is 11.5 Å². The van der Waals surface area contributed by atoms with Crippen molar-refractivity contribution in [2.75, 3.05) is 32.7 Å². The third-order valence-electron chi connectivity index (χ3n) is 4.65. The van der Waals surface area contributed by atoms with Crippen molar-refractivity contribution in [2.45, 2.75) is 18.9 Å². The fourth-order valence-corrected chi connectivity index (χ4v) is 3.24. The van der Waals surface area contributed by atoms with Crippen LogP contribution in [0.4, 0.5) is 0 Å². The van der Waals surface area contributed by atoms with Gasteiger partial charge in [0.05, 0.1) is 5.60 Å². The number of hydrogen-bond acceptors (Lipinski definition) is 4. The van der Waals surface area contributed by atoms with Gasteiger partial charge in [-0.3, -0.25) is 0 Å². The zero-order valence-corrected chi connectivity index (χ0v) is 16.1. The van der Waals surface area contributed by atoms with Crippen molar-refractivity contribution in [3.05, 3.63) is 58.6 Å². The van der Waals surface area contributed by atoms with E-state index in [1.54, 1.807) is 0 Å². The van der Waals surface area contributed by atoms with Crippen LogP contribution in [-0.2, 0) is 5.60 Å². The summed E-state index contributed by atoms with van der Waals surface area (Å²) in [5.41, 5.74) is 0.0897. The minimum Gasteiger partial charge on any atom is -0.457 e. The molecule has 2 N–H and O–H groups in total. The average molecular weight is 405 g/mol. The summed E-state index contributed by atoms with van der Waals surface area (Å²) in [6, 6.07) is 15.5. The molecular weight excluding hydrogens is 380 g/mol. The number of nitrogens with one attached hydrogen (secondary N) is 1. The van der Waals surface area contributed by atoms with Gasteiger partial charge < -0.3 is 20.1 Å². The van der Waals surface area contributed by atoms with Gasteiger partial charge in [-0.1, -0.05) is 28.1 Å². The molecule has 1 saturated heterocycles. The van der Waals surface area contributed by atoms with Crippen molar-refractivity contribution in [3.8, 4) is 11.5 Å². The van der Waals surface area contributed by atoms with E-state index >= 15 is 0 Å². The highest BCUT2D eigenvalue weighted by atomic mass is 79.9. The molecule has 134 valence electrons. The first-order chi connectivity index (χ1) is 12.0. The molecule has 0 aliphatic carbocycles. The van der Waals surface area contributed by atoms with Gasteiger partial charge in [-0.25, -0.2) is 0 Å². The van der Waals surface area contributed by atoms with E-state index in [1.165, 1.54) is 0 Å². The molecule has 0 radical (unpaired) electrons. The quantitative estimate of drug-likeness (QED) is 0.769. The van der Waals surface area contributed by atoms with E-state index in [0.29, 0.717) is 0 Å². The van der Waals surface area contributed by atoms with E-state index < -0.39 is 5.60 Å². The van der Waals surface area contributed by atoms with Gasteiger partial charge in [-0.15, -0.1) is 0 Å². The van der Waals surface area contributed by atoms with Crippen LogP contribution in [0.1, 0.15) is 18.9 Å². The van der Waals surface area contributed by atoms with Gasteiger partial charge in [-0.2, -0.15) is 0 Å². The van der Waals surface area contributed by atoms with E-state index in [2.05, 4.69) is 26.1 Å². The molecule has 0 spiro atoms. The Balaban J connectivity index is 1.58. The minimum atomic E-state index is -0.832. The van der Waals surface area contributed by atoms with Gasteiger partial charge in [-0.05, 0) is 55.3 Å². The van der Waals surface area contributed by atoms with Gasteiger partial charge in [0.25, 0.3) is 0 Å². The second-order valence-electron chi connectivity index (χ2n) is 6.70. The van der Waals surface area contributed by atoms with Crippen LogP contribution in [-0.4, -0.2) is 42.7 Å². The van der Waals surface area contributed by atoms with E-state index in [-0.39, 0.29) is 0 Å². The van der Waals surface area contributed by atoms with Crippen molar-refractivity contribution >= 4 is 15.9 Å². The number of hydrogen-bond donors (Lipinski definition) is 2. The number of piperazine rings is 1. The second-order valence-corrected chi connectivity index (χ2v) is 7.61. The number of nitrogens with zero attached hydrogens (tertiary/aromatic N) is 1. The zero-order chi connectivity index (χ0) is 17.7. The first-order valence-electron chi connectivity index (χ1n) is 8.72. The molecule has 2 aromatic rings. The number of ether oxygens (including phenoxy) is 1. The third kappa shape index (κ3) is 5.28. The largest absolute Gasteiger partial charge is 0.457 e. The summed E-state index contributed by atoms with van der Waals surface area (Å²) >= 11 is 3.42. The van der Waals surface area contributed by atoms with Crippen molar-refractivity contribution < 1.29 is 9.84 Å². The molecule has 0 saturated carbocycles. The molecule has 0 amide bonds. The van der Waals surface area contributed by atoms with E-state index in [0.717, 1.165) is 60.7 Å². The highest BCUT2D eigenvalue weighted by Gasteiger charge is 2.24. The molecule has 1 fully saturated rings. The van der Waals surface area contributed by atoms with Crippen molar-refractivity contribution in [2.24, 2.45) is 0 Å². The summed E-state index contributed by atoms with van der Waals surface area (Å²) in [5, 5.41) is 14.2. The molecule has 1 unspecified atom stereocenters. The Bertz CT molecular complexity index is 665. The molecule has 1 aliphatic rings. The van der Waals surface area contributed by atoms with E-state index in [4.69, 9.17) is 4.74 Å². The zero-order valence-electron chi connectivity index (χ0n) is 14.5. The Kier molecular flexibility index (Phi) is 6.12. The summed E-state index contributed by atoms with van der Waals surface area (Å²) in [7, 11) is 0. The van der Waals surface area contributed by atoms with Crippen molar-refractivity contribution in [1.29, 1.82) is 0 Å². The number of benzene rings is 2. The summed E-state index contributed by atoms with van der Waals surface area (Å²) in [6.07, 6.45) is 0.722. The Hall–Kier alpha value is -1.40. The van der Waals surface area contributed by atoms with Crippen LogP contribution in [0, 0.1) is 0 Å². The topological polar surface area (TPSA) is 44.7 Å². The lowest BCUT2D eigenvalue weighted by molar-refractivity contribution is 0.0345. The fourth-order valence-electron chi connectivity index (χ4n) is 2.98. The van der Waals surface area contributed by atoms with E-state index in [1.807, 2.05) is 55.5 Å². The SMILES string of the molecule is CC(O)(CCN1CCNCC1)c1ccc(Oc2ccc(Br)cc2)cc1. The Morgan fingerprint density at radius 1 is 1.04 bits per heavy atom. The van der Waals surface area contributed by atoms with Crippen molar-refractivity contribution in [3.63, 3.8) is 0 Å². The van der Waals surface area contributed by atoms with Crippen LogP contribution in [0.25, 0.3) is 0 Å². The van der Waals surface area contributed by atoms with Crippen LogP contribution in [0.3, 0.4) is 0 Å². The molecule has 25 heavy (non-hydrogen) atoms. The predicted molar refractivity (Wildman–Crippen MR) is 104 cm³/mol. The summed E-state index contributed by atoms with van der Waals surface area (Å²) < 4.78 is 6.86. The number of rotatable bonds is 6. The van der Waals surface area contributed by atoms with E-state index in [9.17, 15) is 5.11 Å². The molecule has 2 aromatic carbocycles. The average Bonchev–Trinajstić information content (AvgIpc) is 2.63. The molecule has 4 nitrogen and oxygen atoms in total. The van der Waals surface area contributed by atoms with Gasteiger partial charge >= 0.3 is 0 Å². The molecule has 1 aliphatic heterocycles. The maximum absolute atomic E-state index is 10.8. The van der Waals surface area contributed by atoms with Crippen LogP contribution >= 0.6 is 15.9 Å². The fraction of sp³-hybridized carbons (Fsp3) is 0.400. The van der Waals surface area contributed by atoms with Crippen LogP contribution in [0.15, 0.2) is 53.0 Å².